The second kappa shape index (κ2) is 16.2. The Hall–Kier alpha value is -6.17. The molecule has 0 radical (unpaired) electrons. The number of halogens is 9. The van der Waals surface area contributed by atoms with Gasteiger partial charge in [-0.3, -0.25) is 28.2 Å². The molecule has 1 saturated carbocycles. The number of nitrogens with zero attached hydrogens (tertiary/aromatic N) is 8. The summed E-state index contributed by atoms with van der Waals surface area (Å²) in [5.74, 6) is -10.0. The zero-order valence-electron chi connectivity index (χ0n) is 32.5. The summed E-state index contributed by atoms with van der Waals surface area (Å²) in [6.45, 7) is -0.315. The number of nitrogens with one attached hydrogen (secondary N) is 2. The molecule has 4 aromatic heterocycles. The zero-order chi connectivity index (χ0) is 45.3. The summed E-state index contributed by atoms with van der Waals surface area (Å²) in [4.78, 5) is 41.6. The van der Waals surface area contributed by atoms with Gasteiger partial charge in [-0.25, -0.2) is 49.7 Å². The SMILES string of the molecule is CCOc1cnc(-c2cc(=O)n(-c3ccc(Cl)c4c(NS(C)(=O)=O)nn(CC(F)F)c34)c([C@H](Cc3cc(F)cc(F)c3)NC(=O)Cn3nc(C(F)F)c4c3C(F)(F)[C@@H]3C[C@H]43)n2)nc1. The lowest BCUT2D eigenvalue weighted by atomic mass is 10.0. The van der Waals surface area contributed by atoms with Crippen LogP contribution in [0.5, 0.6) is 5.75 Å². The molecule has 2 aromatic carbocycles. The Kier molecular flexibility index (Phi) is 11.2. The number of hydrogen-bond donors (Lipinski definition) is 2. The van der Waals surface area contributed by atoms with Crippen LogP contribution in [0.2, 0.25) is 5.02 Å². The number of fused-ring (bicyclic) bond motifs is 4. The molecule has 2 aliphatic carbocycles. The quantitative estimate of drug-likeness (QED) is 0.109. The summed E-state index contributed by atoms with van der Waals surface area (Å²) in [7, 11) is -4.13. The largest absolute Gasteiger partial charge is 0.491 e. The molecule has 0 unspecified atom stereocenters. The molecule has 1 amide bonds. The van der Waals surface area contributed by atoms with Gasteiger partial charge in [0, 0.05) is 30.0 Å². The van der Waals surface area contributed by atoms with Gasteiger partial charge < -0.3 is 10.1 Å². The van der Waals surface area contributed by atoms with Crippen molar-refractivity contribution in [2.75, 3.05) is 17.6 Å². The van der Waals surface area contributed by atoms with Gasteiger partial charge in [-0.15, -0.1) is 0 Å². The maximum absolute atomic E-state index is 15.5. The lowest BCUT2D eigenvalue weighted by Gasteiger charge is -2.24. The minimum absolute atomic E-state index is 0.0541. The number of carbonyl (C=O) groups is 1. The Morgan fingerprint density at radius 3 is 2.37 bits per heavy atom. The molecule has 0 saturated heterocycles. The van der Waals surface area contributed by atoms with E-state index in [4.69, 9.17) is 16.3 Å². The molecule has 6 aromatic rings. The molecule has 2 aliphatic rings. The van der Waals surface area contributed by atoms with E-state index in [2.05, 4.69) is 35.2 Å². The Bertz CT molecular complexity index is 2950. The van der Waals surface area contributed by atoms with E-state index < -0.39 is 112 Å². The molecule has 2 N–H and O–H groups in total. The summed E-state index contributed by atoms with van der Waals surface area (Å²) in [6, 6.07) is 3.88. The fourth-order valence-corrected chi connectivity index (χ4v) is 8.59. The Labute approximate surface area is 355 Å². The number of rotatable bonds is 15. The van der Waals surface area contributed by atoms with Crippen molar-refractivity contribution < 1.29 is 53.1 Å². The van der Waals surface area contributed by atoms with Crippen molar-refractivity contribution in [2.45, 2.75) is 63.6 Å². The van der Waals surface area contributed by atoms with Crippen molar-refractivity contribution in [1.29, 1.82) is 0 Å². The maximum Gasteiger partial charge on any atom is 0.293 e. The van der Waals surface area contributed by atoms with E-state index in [1.54, 1.807) is 6.92 Å². The van der Waals surface area contributed by atoms with Crippen molar-refractivity contribution in [1.82, 2.24) is 44.4 Å². The average molecular weight is 927 g/mol. The Morgan fingerprint density at radius 2 is 1.73 bits per heavy atom. The number of sulfonamides is 1. The maximum atomic E-state index is 15.5. The van der Waals surface area contributed by atoms with Crippen LogP contribution in [0.1, 0.15) is 60.1 Å². The molecule has 63 heavy (non-hydrogen) atoms. The summed E-state index contributed by atoms with van der Waals surface area (Å²) in [5, 5.41) is 9.74. The molecule has 0 aliphatic heterocycles. The Morgan fingerprint density at radius 1 is 1.03 bits per heavy atom. The second-order valence-corrected chi connectivity index (χ2v) is 16.9. The number of aromatic nitrogens is 8. The van der Waals surface area contributed by atoms with Crippen molar-refractivity contribution in [3.05, 3.63) is 104 Å². The zero-order valence-corrected chi connectivity index (χ0v) is 34.0. The van der Waals surface area contributed by atoms with Gasteiger partial charge in [0.15, 0.2) is 17.4 Å². The topological polar surface area (TPSA) is 181 Å². The standard InChI is InChI=1S/C38H31ClF8N10O5S/c1-3-62-19-12-48-35(49-13-19)23-11-28(59)57(25-5-4-22(39)30-32(25)55(14-26(42)43)53-36(30)54-63(2,60)61)37(51-23)24(8-16-6-17(40)9-18(41)7-16)50-27(58)15-56-33-29(31(52-56)34(44)45)20-10-21(20)38(33,46)47/h4-7,9,11-13,20-21,24,26,34H,3,8,10,14-15H2,1-2H3,(H,50,58)(H,53,54)/t20-,21+,24-/m0/s1. The first-order chi connectivity index (χ1) is 29.7. The van der Waals surface area contributed by atoms with E-state index in [0.717, 1.165) is 29.0 Å². The van der Waals surface area contributed by atoms with E-state index in [9.17, 15) is 44.3 Å². The third kappa shape index (κ3) is 8.39. The smallest absolute Gasteiger partial charge is 0.293 e. The number of amides is 1. The highest BCUT2D eigenvalue weighted by Gasteiger charge is 2.67. The van der Waals surface area contributed by atoms with Crippen LogP contribution >= 0.6 is 11.6 Å². The van der Waals surface area contributed by atoms with E-state index in [0.29, 0.717) is 15.4 Å². The number of benzene rings is 2. The summed E-state index contributed by atoms with van der Waals surface area (Å²) >= 11 is 6.52. The third-order valence-corrected chi connectivity index (χ3v) is 11.1. The molecule has 4 heterocycles. The molecule has 8 rings (SSSR count). The molecule has 1 fully saturated rings. The first-order valence-corrected chi connectivity index (χ1v) is 21.1. The van der Waals surface area contributed by atoms with Crippen LogP contribution in [0.4, 0.5) is 40.9 Å². The fourth-order valence-electron chi connectivity index (χ4n) is 7.86. The van der Waals surface area contributed by atoms with Crippen molar-refractivity contribution in [2.24, 2.45) is 5.92 Å². The van der Waals surface area contributed by atoms with Gasteiger partial charge in [0.05, 0.1) is 52.9 Å². The molecule has 332 valence electrons. The Balaban J connectivity index is 1.34. The highest BCUT2D eigenvalue weighted by Crippen LogP contribution is 2.68. The van der Waals surface area contributed by atoms with Crippen LogP contribution in [-0.2, 0) is 40.3 Å². The summed E-state index contributed by atoms with van der Waals surface area (Å²) in [6.07, 6.45) is -3.77. The first kappa shape index (κ1) is 43.5. The molecular weight excluding hydrogens is 896 g/mol. The highest BCUT2D eigenvalue weighted by molar-refractivity contribution is 7.92. The number of ether oxygens (including phenoxy) is 1. The van der Waals surface area contributed by atoms with Gasteiger partial charge in [0.1, 0.15) is 47.6 Å². The van der Waals surface area contributed by atoms with Crippen molar-refractivity contribution >= 4 is 44.3 Å². The van der Waals surface area contributed by atoms with E-state index in [1.807, 2.05) is 0 Å². The monoisotopic (exact) mass is 926 g/mol. The first-order valence-electron chi connectivity index (χ1n) is 18.8. The molecular formula is C38H31ClF8N10O5S. The van der Waals surface area contributed by atoms with Crippen LogP contribution in [0.25, 0.3) is 28.1 Å². The van der Waals surface area contributed by atoms with Crippen molar-refractivity contribution in [3.8, 4) is 23.0 Å². The second-order valence-electron chi connectivity index (χ2n) is 14.7. The summed E-state index contributed by atoms with van der Waals surface area (Å²) < 4.78 is 151. The molecule has 0 bridgehead atoms. The van der Waals surface area contributed by atoms with E-state index >= 15 is 8.78 Å². The van der Waals surface area contributed by atoms with E-state index in [1.165, 1.54) is 24.5 Å². The number of alkyl halides is 6. The van der Waals surface area contributed by atoms with Crippen LogP contribution < -0.4 is 20.3 Å². The van der Waals surface area contributed by atoms with Gasteiger partial charge in [0.25, 0.3) is 24.3 Å². The van der Waals surface area contributed by atoms with Crippen LogP contribution in [0.3, 0.4) is 0 Å². The normalized spacial score (nSPS) is 17.0. The van der Waals surface area contributed by atoms with Gasteiger partial charge in [0.2, 0.25) is 15.9 Å². The van der Waals surface area contributed by atoms with E-state index in [-0.39, 0.29) is 63.0 Å². The van der Waals surface area contributed by atoms with Crippen LogP contribution in [-0.4, -0.2) is 72.7 Å². The van der Waals surface area contributed by atoms with Gasteiger partial charge in [-0.1, -0.05) is 11.6 Å². The van der Waals surface area contributed by atoms with Crippen molar-refractivity contribution in [3.63, 3.8) is 0 Å². The molecule has 15 nitrogen and oxygen atoms in total. The van der Waals surface area contributed by atoms with Crippen LogP contribution in [0, 0.1) is 17.6 Å². The molecule has 3 atom stereocenters. The predicted octanol–water partition coefficient (Wildman–Crippen LogP) is 6.45. The van der Waals surface area contributed by atoms with Gasteiger partial charge >= 0.3 is 0 Å². The van der Waals surface area contributed by atoms with Crippen LogP contribution in [0.15, 0.2) is 53.6 Å². The molecule has 25 heteroatoms. The van der Waals surface area contributed by atoms with Gasteiger partial charge in [-0.05, 0) is 49.1 Å². The lowest BCUT2D eigenvalue weighted by Crippen LogP contribution is -2.38. The number of anilines is 1. The minimum Gasteiger partial charge on any atom is -0.491 e. The minimum atomic E-state index is -4.13. The highest BCUT2D eigenvalue weighted by atomic mass is 35.5. The number of carbonyl (C=O) groups excluding carboxylic acids is 1. The predicted molar refractivity (Wildman–Crippen MR) is 208 cm³/mol. The number of hydrogen-bond acceptors (Lipinski definition) is 10. The summed E-state index contributed by atoms with van der Waals surface area (Å²) in [5.41, 5.74) is -4.25. The third-order valence-electron chi connectivity index (χ3n) is 10.2. The fraction of sp³-hybridized carbons (Fsp3) is 0.342. The molecule has 0 spiro atoms. The van der Waals surface area contributed by atoms with Gasteiger partial charge in [-0.2, -0.15) is 19.0 Å². The average Bonchev–Trinajstić information content (AvgIpc) is 3.71. The lowest BCUT2D eigenvalue weighted by molar-refractivity contribution is -0.123.